The van der Waals surface area contributed by atoms with E-state index < -0.39 is 0 Å². The van der Waals surface area contributed by atoms with Gasteiger partial charge in [-0.05, 0) is 67.9 Å². The molecule has 214 valence electrons. The van der Waals surface area contributed by atoms with Crippen LogP contribution in [0.25, 0.3) is 21.8 Å². The van der Waals surface area contributed by atoms with Gasteiger partial charge in [0.25, 0.3) is 0 Å². The highest BCUT2D eigenvalue weighted by Gasteiger charge is 2.41. The van der Waals surface area contributed by atoms with Crippen molar-refractivity contribution >= 4 is 39.2 Å². The van der Waals surface area contributed by atoms with Gasteiger partial charge < -0.3 is 19.9 Å². The maximum atomic E-state index is 13.7. The monoisotopic (exact) mass is 565 g/mol. The average Bonchev–Trinajstić information content (AvgIpc) is 3.69. The third-order valence-electron chi connectivity index (χ3n) is 8.68. The van der Waals surface area contributed by atoms with Gasteiger partial charge in [-0.3, -0.25) is 9.48 Å². The number of nitrogens with zero attached hydrogens (tertiary/aromatic N) is 6. The molecule has 1 amide bonds. The highest BCUT2D eigenvalue weighted by Crippen LogP contribution is 2.33. The molecule has 0 bridgehead atoms. The lowest BCUT2D eigenvalue weighted by atomic mass is 10.1. The largest absolute Gasteiger partial charge is 0.496 e. The minimum atomic E-state index is -0.260. The highest BCUT2D eigenvalue weighted by molar-refractivity contribution is 5.94. The third-order valence-corrected chi connectivity index (χ3v) is 8.68. The van der Waals surface area contributed by atoms with Crippen LogP contribution in [-0.2, 0) is 17.8 Å². The van der Waals surface area contributed by atoms with Crippen LogP contribution >= 0.6 is 0 Å². The molecule has 9 nitrogen and oxygen atoms in total. The molecule has 2 aliphatic rings. The van der Waals surface area contributed by atoms with Crippen LogP contribution in [0.15, 0.2) is 67.1 Å². The molecule has 2 saturated heterocycles. The molecule has 0 saturated carbocycles. The molecule has 2 fully saturated rings. The molecular weight excluding hydrogens is 533 g/mol. The second kappa shape index (κ2) is 10.7. The van der Waals surface area contributed by atoms with E-state index in [4.69, 9.17) is 4.74 Å². The van der Waals surface area contributed by atoms with Gasteiger partial charge in [-0.2, -0.15) is 5.10 Å². The van der Waals surface area contributed by atoms with Crippen molar-refractivity contribution in [2.24, 2.45) is 5.92 Å². The smallest absolute Gasteiger partial charge is 0.227 e. The van der Waals surface area contributed by atoms with E-state index in [1.54, 1.807) is 19.4 Å². The summed E-state index contributed by atoms with van der Waals surface area (Å²) in [4.78, 5) is 26.7. The SMILES string of the molecule is COc1cc2ncnc(Nc3ccc4c(cnn4Cc4cccc(F)c4)c3)c2cc1CC(=O)N1C[C@H]2CCN(C)[C@H]2C1. The Balaban J connectivity index is 1.14. The van der Waals surface area contributed by atoms with Crippen LogP contribution < -0.4 is 10.1 Å². The van der Waals surface area contributed by atoms with E-state index in [1.807, 2.05) is 46.0 Å². The normalized spacial score (nSPS) is 18.6. The zero-order valence-electron chi connectivity index (χ0n) is 23.6. The van der Waals surface area contributed by atoms with Crippen LogP contribution in [0.3, 0.4) is 0 Å². The van der Waals surface area contributed by atoms with Crippen molar-refractivity contribution in [1.29, 1.82) is 0 Å². The fourth-order valence-corrected chi connectivity index (χ4v) is 6.44. The van der Waals surface area contributed by atoms with Crippen LogP contribution in [0.4, 0.5) is 15.9 Å². The van der Waals surface area contributed by atoms with E-state index in [0.717, 1.165) is 64.7 Å². The summed E-state index contributed by atoms with van der Waals surface area (Å²) < 4.78 is 21.2. The Morgan fingerprint density at radius 1 is 1.12 bits per heavy atom. The first-order chi connectivity index (χ1) is 20.4. The van der Waals surface area contributed by atoms with Gasteiger partial charge in [-0.25, -0.2) is 14.4 Å². The van der Waals surface area contributed by atoms with Crippen LogP contribution in [0.2, 0.25) is 0 Å². The molecule has 2 atom stereocenters. The van der Waals surface area contributed by atoms with E-state index in [9.17, 15) is 9.18 Å². The quantitative estimate of drug-likeness (QED) is 0.308. The number of likely N-dealkylation sites (tertiary alicyclic amines) is 2. The molecule has 7 rings (SSSR count). The van der Waals surface area contributed by atoms with Crippen molar-refractivity contribution in [2.45, 2.75) is 25.4 Å². The van der Waals surface area contributed by atoms with Gasteiger partial charge in [-0.15, -0.1) is 0 Å². The maximum Gasteiger partial charge on any atom is 0.227 e. The Hall–Kier alpha value is -4.57. The first-order valence-corrected chi connectivity index (χ1v) is 14.2. The zero-order chi connectivity index (χ0) is 28.8. The Bertz CT molecular complexity index is 1810. The fraction of sp³-hybridized carbons (Fsp3) is 0.312. The van der Waals surface area contributed by atoms with E-state index in [0.29, 0.717) is 30.1 Å². The minimum absolute atomic E-state index is 0.113. The van der Waals surface area contributed by atoms with Crippen molar-refractivity contribution in [1.82, 2.24) is 29.5 Å². The van der Waals surface area contributed by atoms with Gasteiger partial charge in [0.1, 0.15) is 23.7 Å². The number of nitrogens with one attached hydrogen (secondary N) is 1. The molecule has 1 N–H and O–H groups in total. The number of rotatable bonds is 7. The number of amides is 1. The number of carbonyl (C=O) groups excluding carboxylic acids is 1. The maximum absolute atomic E-state index is 13.7. The number of aromatic nitrogens is 4. The van der Waals surface area contributed by atoms with Crippen LogP contribution in [0.5, 0.6) is 5.75 Å². The summed E-state index contributed by atoms with van der Waals surface area (Å²) in [7, 11) is 3.77. The number of methoxy groups -OCH3 is 1. The number of likely N-dealkylation sites (N-methyl/N-ethyl adjacent to an activating group) is 1. The average molecular weight is 566 g/mol. The molecule has 0 aliphatic carbocycles. The van der Waals surface area contributed by atoms with E-state index in [-0.39, 0.29) is 18.1 Å². The van der Waals surface area contributed by atoms with E-state index >= 15 is 0 Å². The number of hydrogen-bond acceptors (Lipinski definition) is 7. The summed E-state index contributed by atoms with van der Waals surface area (Å²) in [6.45, 7) is 3.19. The number of halogens is 1. The van der Waals surface area contributed by atoms with E-state index in [2.05, 4.69) is 32.3 Å². The molecule has 5 aromatic rings. The molecule has 4 heterocycles. The second-order valence-corrected chi connectivity index (χ2v) is 11.3. The molecule has 3 aromatic carbocycles. The van der Waals surface area contributed by atoms with Crippen molar-refractivity contribution in [3.63, 3.8) is 0 Å². The first-order valence-electron chi connectivity index (χ1n) is 14.2. The molecule has 0 unspecified atom stereocenters. The van der Waals surface area contributed by atoms with Crippen LogP contribution in [0.1, 0.15) is 17.5 Å². The third kappa shape index (κ3) is 4.92. The Morgan fingerprint density at radius 2 is 2.02 bits per heavy atom. The molecule has 0 radical (unpaired) electrons. The van der Waals surface area contributed by atoms with Gasteiger partial charge in [-0.1, -0.05) is 12.1 Å². The van der Waals surface area contributed by atoms with Gasteiger partial charge in [0.05, 0.1) is 37.3 Å². The summed E-state index contributed by atoms with van der Waals surface area (Å²) in [6.07, 6.45) is 4.73. The Kier molecular flexibility index (Phi) is 6.70. The second-order valence-electron chi connectivity index (χ2n) is 11.3. The van der Waals surface area contributed by atoms with Crippen molar-refractivity contribution in [3.05, 3.63) is 84.1 Å². The lowest BCUT2D eigenvalue weighted by Crippen LogP contribution is -2.35. The molecule has 10 heteroatoms. The van der Waals surface area contributed by atoms with Crippen LogP contribution in [-0.4, -0.2) is 75.3 Å². The van der Waals surface area contributed by atoms with Crippen molar-refractivity contribution < 1.29 is 13.9 Å². The van der Waals surface area contributed by atoms with Gasteiger partial charge in [0.15, 0.2) is 0 Å². The first kappa shape index (κ1) is 26.3. The van der Waals surface area contributed by atoms with Crippen LogP contribution in [0, 0.1) is 11.7 Å². The predicted octanol–water partition coefficient (Wildman–Crippen LogP) is 4.62. The number of carbonyl (C=O) groups is 1. The summed E-state index contributed by atoms with van der Waals surface area (Å²) in [5.41, 5.74) is 4.17. The minimum Gasteiger partial charge on any atom is -0.496 e. The predicted molar refractivity (Wildman–Crippen MR) is 159 cm³/mol. The Morgan fingerprint density at radius 3 is 2.86 bits per heavy atom. The summed E-state index contributed by atoms with van der Waals surface area (Å²) >= 11 is 0. The lowest BCUT2D eigenvalue weighted by Gasteiger charge is -2.21. The number of hydrogen-bond donors (Lipinski definition) is 1. The summed E-state index contributed by atoms with van der Waals surface area (Å²) in [5, 5.41) is 9.71. The van der Waals surface area contributed by atoms with Gasteiger partial charge in [0, 0.05) is 47.2 Å². The van der Waals surface area contributed by atoms with Gasteiger partial charge in [0.2, 0.25) is 5.91 Å². The molecule has 2 aliphatic heterocycles. The lowest BCUT2D eigenvalue weighted by molar-refractivity contribution is -0.129. The highest BCUT2D eigenvalue weighted by atomic mass is 19.1. The summed E-state index contributed by atoms with van der Waals surface area (Å²) in [5.74, 6) is 1.70. The Labute approximate surface area is 242 Å². The molecule has 42 heavy (non-hydrogen) atoms. The zero-order valence-corrected chi connectivity index (χ0v) is 23.6. The number of fused-ring (bicyclic) bond motifs is 3. The fourth-order valence-electron chi connectivity index (χ4n) is 6.44. The molecule has 2 aromatic heterocycles. The van der Waals surface area contributed by atoms with E-state index in [1.165, 1.54) is 18.5 Å². The number of ether oxygens (including phenoxy) is 1. The molecular formula is C32H32FN7O2. The standard InChI is InChI=1S/C32H32FN7O2/c1-38-9-8-21-17-39(18-29(21)38)31(41)13-22-12-26-27(14-30(22)42-2)34-19-35-32(26)37-25-6-7-28-23(11-25)15-36-40(28)16-20-4-3-5-24(33)10-20/h3-7,10-12,14-15,19,21,29H,8-9,13,16-18H2,1-2H3,(H,34,35,37)/t21-,29+/m1/s1. The van der Waals surface area contributed by atoms with Crippen molar-refractivity contribution in [3.8, 4) is 5.75 Å². The number of benzene rings is 3. The number of anilines is 2. The van der Waals surface area contributed by atoms with Gasteiger partial charge >= 0.3 is 0 Å². The topological polar surface area (TPSA) is 88.4 Å². The van der Waals surface area contributed by atoms with Crippen molar-refractivity contribution in [2.75, 3.05) is 39.1 Å². The molecule has 0 spiro atoms. The summed E-state index contributed by atoms with van der Waals surface area (Å²) in [6, 6.07) is 16.8.